The number of halogens is 1. The molecule has 0 fully saturated rings. The van der Waals surface area contributed by atoms with Crippen LogP contribution in [0.3, 0.4) is 0 Å². The van der Waals surface area contributed by atoms with Gasteiger partial charge in [0.1, 0.15) is 6.61 Å². The summed E-state index contributed by atoms with van der Waals surface area (Å²) in [6.07, 6.45) is 2.93. The van der Waals surface area contributed by atoms with Crippen LogP contribution in [0.15, 0.2) is 30.5 Å². The van der Waals surface area contributed by atoms with Crippen LogP contribution in [0, 0.1) is 0 Å². The summed E-state index contributed by atoms with van der Waals surface area (Å²) < 4.78 is 13.1. The topological polar surface area (TPSA) is 49.2 Å². The van der Waals surface area contributed by atoms with E-state index in [1.54, 1.807) is 4.68 Å². The molecule has 5 nitrogen and oxygen atoms in total. The summed E-state index contributed by atoms with van der Waals surface area (Å²) in [4.78, 5) is 0.255. The van der Waals surface area contributed by atoms with Crippen LogP contribution in [0.2, 0.25) is 0 Å². The smallest absolute Gasteiger partial charge is 0.161 e. The van der Waals surface area contributed by atoms with Crippen molar-refractivity contribution in [3.63, 3.8) is 0 Å². The lowest BCUT2D eigenvalue weighted by Gasteiger charge is -2.11. The normalized spacial score (nSPS) is 12.1. The molecule has 1 aromatic carbocycles. The van der Waals surface area contributed by atoms with E-state index >= 15 is 0 Å². The zero-order chi connectivity index (χ0) is 15.1. The van der Waals surface area contributed by atoms with E-state index in [0.29, 0.717) is 19.8 Å². The van der Waals surface area contributed by atoms with Gasteiger partial charge in [-0.15, -0.1) is 5.10 Å². The number of hydrogen-bond acceptors (Lipinski definition) is 4. The van der Waals surface area contributed by atoms with E-state index in [2.05, 4.69) is 33.2 Å². The largest absolute Gasteiger partial charge is 0.490 e. The van der Waals surface area contributed by atoms with E-state index in [9.17, 15) is 0 Å². The first-order chi connectivity index (χ1) is 10.2. The Kier molecular flexibility index (Phi) is 6.04. The number of rotatable bonds is 8. The average molecular weight is 354 g/mol. The fourth-order valence-electron chi connectivity index (χ4n) is 1.87. The molecule has 1 unspecified atom stereocenters. The van der Waals surface area contributed by atoms with Gasteiger partial charge in [0.05, 0.1) is 23.7 Å². The Morgan fingerprint density at radius 1 is 1.19 bits per heavy atom. The van der Waals surface area contributed by atoms with Crippen molar-refractivity contribution in [3.05, 3.63) is 36.2 Å². The number of ether oxygens (including phenoxy) is 2. The Hall–Kier alpha value is -1.56. The maximum Gasteiger partial charge on any atom is 0.161 e. The molecule has 21 heavy (non-hydrogen) atoms. The molecule has 0 aliphatic heterocycles. The van der Waals surface area contributed by atoms with Gasteiger partial charge in [0.2, 0.25) is 0 Å². The number of para-hydroxylation sites is 2. The molecule has 114 valence electrons. The minimum absolute atomic E-state index is 0.255. The lowest BCUT2D eigenvalue weighted by Crippen LogP contribution is -2.09. The molecular formula is C15H20BrN3O2. The highest BCUT2D eigenvalue weighted by atomic mass is 79.9. The lowest BCUT2D eigenvalue weighted by atomic mass is 10.3. The van der Waals surface area contributed by atoms with Crippen LogP contribution < -0.4 is 9.47 Å². The highest BCUT2D eigenvalue weighted by molar-refractivity contribution is 9.09. The second-order valence-corrected chi connectivity index (χ2v) is 5.62. The minimum Gasteiger partial charge on any atom is -0.490 e. The predicted molar refractivity (Wildman–Crippen MR) is 85.1 cm³/mol. The summed E-state index contributed by atoms with van der Waals surface area (Å²) in [5.74, 6) is 1.53. The maximum absolute atomic E-state index is 5.76. The standard InChI is InChI=1S/C15H20BrN3O2/c1-3-12(16)13-11-19(18-17-13)9-10-21-15-8-6-5-7-14(15)20-4-2/h5-8,11-12H,3-4,9-10H2,1-2H3. The number of aromatic nitrogens is 3. The first-order valence-electron chi connectivity index (χ1n) is 7.13. The van der Waals surface area contributed by atoms with Gasteiger partial charge in [-0.25, -0.2) is 4.68 Å². The molecule has 0 bridgehead atoms. The summed E-state index contributed by atoms with van der Waals surface area (Å²) in [6, 6.07) is 7.68. The van der Waals surface area contributed by atoms with E-state index in [4.69, 9.17) is 9.47 Å². The molecule has 1 aromatic heterocycles. The number of hydrogen-bond donors (Lipinski definition) is 0. The van der Waals surface area contributed by atoms with Crippen LogP contribution in [-0.4, -0.2) is 28.2 Å². The molecular weight excluding hydrogens is 334 g/mol. The highest BCUT2D eigenvalue weighted by Crippen LogP contribution is 2.26. The van der Waals surface area contributed by atoms with Crippen molar-refractivity contribution >= 4 is 15.9 Å². The Balaban J connectivity index is 1.88. The second-order valence-electron chi connectivity index (χ2n) is 4.51. The van der Waals surface area contributed by atoms with Gasteiger partial charge in [0.15, 0.2) is 11.5 Å². The average Bonchev–Trinajstić information content (AvgIpc) is 2.97. The Bertz CT molecular complexity index is 559. The summed E-state index contributed by atoms with van der Waals surface area (Å²) in [7, 11) is 0. The Labute approximate surface area is 133 Å². The van der Waals surface area contributed by atoms with Crippen LogP contribution in [0.25, 0.3) is 0 Å². The molecule has 0 saturated carbocycles. The van der Waals surface area contributed by atoms with Crippen molar-refractivity contribution in [1.29, 1.82) is 0 Å². The SMILES string of the molecule is CCOc1ccccc1OCCn1cc(C(Br)CC)nn1. The minimum atomic E-state index is 0.255. The van der Waals surface area contributed by atoms with Crippen molar-refractivity contribution in [2.45, 2.75) is 31.6 Å². The number of nitrogens with zero attached hydrogens (tertiary/aromatic N) is 3. The van der Waals surface area contributed by atoms with E-state index in [1.807, 2.05) is 37.4 Å². The van der Waals surface area contributed by atoms with Crippen LogP contribution in [-0.2, 0) is 6.54 Å². The molecule has 0 N–H and O–H groups in total. The summed E-state index contributed by atoms with van der Waals surface area (Å²) in [6.45, 7) is 5.85. The second kappa shape index (κ2) is 8.02. The monoisotopic (exact) mass is 353 g/mol. The number of alkyl halides is 1. The first-order valence-corrected chi connectivity index (χ1v) is 8.04. The Morgan fingerprint density at radius 2 is 1.90 bits per heavy atom. The van der Waals surface area contributed by atoms with Gasteiger partial charge in [0, 0.05) is 6.20 Å². The first kappa shape index (κ1) is 15.8. The molecule has 2 aromatic rings. The third-order valence-electron chi connectivity index (χ3n) is 2.96. The third kappa shape index (κ3) is 4.46. The fraction of sp³-hybridized carbons (Fsp3) is 0.467. The summed E-state index contributed by atoms with van der Waals surface area (Å²) in [5, 5.41) is 8.25. The van der Waals surface area contributed by atoms with Gasteiger partial charge < -0.3 is 9.47 Å². The van der Waals surface area contributed by atoms with Crippen molar-refractivity contribution < 1.29 is 9.47 Å². The van der Waals surface area contributed by atoms with Gasteiger partial charge in [-0.2, -0.15) is 0 Å². The molecule has 0 amide bonds. The zero-order valence-electron chi connectivity index (χ0n) is 12.3. The van der Waals surface area contributed by atoms with E-state index in [-0.39, 0.29) is 4.83 Å². The van der Waals surface area contributed by atoms with E-state index in [0.717, 1.165) is 23.6 Å². The Morgan fingerprint density at radius 3 is 2.57 bits per heavy atom. The zero-order valence-corrected chi connectivity index (χ0v) is 13.9. The van der Waals surface area contributed by atoms with Gasteiger partial charge in [-0.05, 0) is 25.5 Å². The van der Waals surface area contributed by atoms with Gasteiger partial charge >= 0.3 is 0 Å². The van der Waals surface area contributed by atoms with Crippen molar-refractivity contribution in [2.24, 2.45) is 0 Å². The molecule has 1 atom stereocenters. The van der Waals surface area contributed by atoms with E-state index < -0.39 is 0 Å². The molecule has 2 rings (SSSR count). The summed E-state index contributed by atoms with van der Waals surface area (Å²) in [5.41, 5.74) is 0.951. The molecule has 1 heterocycles. The van der Waals surface area contributed by atoms with Crippen molar-refractivity contribution in [2.75, 3.05) is 13.2 Å². The molecule has 0 aliphatic carbocycles. The molecule has 0 aliphatic rings. The fourth-order valence-corrected chi connectivity index (χ4v) is 2.08. The molecule has 0 spiro atoms. The molecule has 0 saturated heterocycles. The van der Waals surface area contributed by atoms with Crippen molar-refractivity contribution in [3.8, 4) is 11.5 Å². The van der Waals surface area contributed by atoms with Crippen LogP contribution in [0.5, 0.6) is 11.5 Å². The summed E-state index contributed by atoms with van der Waals surface area (Å²) >= 11 is 3.57. The van der Waals surface area contributed by atoms with Crippen LogP contribution in [0.1, 0.15) is 30.8 Å². The quantitative estimate of drug-likeness (QED) is 0.680. The molecule has 0 radical (unpaired) electrons. The van der Waals surface area contributed by atoms with Gasteiger partial charge in [-0.3, -0.25) is 0 Å². The number of benzene rings is 1. The highest BCUT2D eigenvalue weighted by Gasteiger charge is 2.09. The predicted octanol–water partition coefficient (Wildman–Crippen LogP) is 3.60. The van der Waals surface area contributed by atoms with Crippen LogP contribution in [0.4, 0.5) is 0 Å². The van der Waals surface area contributed by atoms with Crippen LogP contribution >= 0.6 is 15.9 Å². The van der Waals surface area contributed by atoms with Gasteiger partial charge in [-0.1, -0.05) is 40.2 Å². The maximum atomic E-state index is 5.76. The third-order valence-corrected chi connectivity index (χ3v) is 4.08. The molecule has 6 heteroatoms. The lowest BCUT2D eigenvalue weighted by molar-refractivity contribution is 0.261. The van der Waals surface area contributed by atoms with Gasteiger partial charge in [0.25, 0.3) is 0 Å². The van der Waals surface area contributed by atoms with E-state index in [1.165, 1.54) is 0 Å². The van der Waals surface area contributed by atoms with Crippen molar-refractivity contribution in [1.82, 2.24) is 15.0 Å².